The van der Waals surface area contributed by atoms with Crippen LogP contribution in [0, 0.1) is 6.92 Å². The number of primary amides is 1. The van der Waals surface area contributed by atoms with Crippen molar-refractivity contribution in [1.29, 1.82) is 0 Å². The van der Waals surface area contributed by atoms with E-state index in [1.807, 2.05) is 35.8 Å². The highest BCUT2D eigenvalue weighted by molar-refractivity contribution is 7.99. The monoisotopic (exact) mass is 464 g/mol. The van der Waals surface area contributed by atoms with Gasteiger partial charge in [-0.05, 0) is 42.7 Å². The summed E-state index contributed by atoms with van der Waals surface area (Å²) in [5.74, 6) is 0.752. The molecule has 0 saturated carbocycles. The summed E-state index contributed by atoms with van der Waals surface area (Å²) in [6.45, 7) is 6.59. The van der Waals surface area contributed by atoms with Gasteiger partial charge in [-0.1, -0.05) is 54.9 Å². The van der Waals surface area contributed by atoms with E-state index in [0.717, 1.165) is 26.9 Å². The van der Waals surface area contributed by atoms with Crippen LogP contribution in [0.5, 0.6) is 0 Å². The normalized spacial score (nSPS) is 11.1. The third-order valence-corrected chi connectivity index (χ3v) is 5.94. The van der Waals surface area contributed by atoms with Crippen LogP contribution in [0.4, 0.5) is 4.79 Å². The third-order valence-electron chi connectivity index (χ3n) is 4.41. The smallest absolute Gasteiger partial charge is 0.404 e. The van der Waals surface area contributed by atoms with Crippen LogP contribution in [0.2, 0.25) is 10.0 Å². The zero-order valence-electron chi connectivity index (χ0n) is 16.9. The summed E-state index contributed by atoms with van der Waals surface area (Å²) in [5, 5.41) is 2.04. The molecule has 0 spiro atoms. The number of nitrogens with two attached hydrogens (primary N) is 1. The third kappa shape index (κ3) is 5.47. The highest BCUT2D eigenvalue weighted by atomic mass is 35.5. The fourth-order valence-corrected chi connectivity index (χ4v) is 4.87. The van der Waals surface area contributed by atoms with Crippen molar-refractivity contribution in [1.82, 2.24) is 14.5 Å². The number of rotatable bonds is 7. The van der Waals surface area contributed by atoms with Crippen LogP contribution in [0.15, 0.2) is 46.5 Å². The van der Waals surface area contributed by atoms with E-state index in [-0.39, 0.29) is 12.5 Å². The van der Waals surface area contributed by atoms with Gasteiger partial charge in [0.25, 0.3) is 0 Å². The second kappa shape index (κ2) is 9.73. The number of nitrogens with zero attached hydrogens (tertiary/aromatic N) is 3. The zero-order chi connectivity index (χ0) is 21.8. The molecule has 9 heteroatoms. The average molecular weight is 465 g/mol. The first kappa shape index (κ1) is 22.5. The number of amides is 1. The molecule has 0 atom stereocenters. The fraction of sp³-hybridized carbons (Fsp3) is 0.286. The van der Waals surface area contributed by atoms with E-state index in [1.165, 1.54) is 11.8 Å². The van der Waals surface area contributed by atoms with Crippen molar-refractivity contribution in [2.24, 2.45) is 5.73 Å². The molecule has 0 fully saturated rings. The largest absolute Gasteiger partial charge is 0.442 e. The van der Waals surface area contributed by atoms with Crippen molar-refractivity contribution < 1.29 is 9.53 Å². The second-order valence-electron chi connectivity index (χ2n) is 7.02. The van der Waals surface area contributed by atoms with Gasteiger partial charge in [-0.25, -0.2) is 9.78 Å². The summed E-state index contributed by atoms with van der Waals surface area (Å²) in [6.07, 6.45) is 0.913. The summed E-state index contributed by atoms with van der Waals surface area (Å²) in [5.41, 5.74) is 8.03. The van der Waals surface area contributed by atoms with Gasteiger partial charge in [0.1, 0.15) is 10.9 Å². The minimum absolute atomic E-state index is 0.0226. The van der Waals surface area contributed by atoms with Gasteiger partial charge < -0.3 is 15.0 Å². The van der Waals surface area contributed by atoms with E-state index >= 15 is 0 Å². The first-order valence-corrected chi connectivity index (χ1v) is 10.9. The maximum absolute atomic E-state index is 11.2. The van der Waals surface area contributed by atoms with Gasteiger partial charge in [0.05, 0.1) is 12.2 Å². The Morgan fingerprint density at radius 3 is 2.57 bits per heavy atom. The predicted molar refractivity (Wildman–Crippen MR) is 119 cm³/mol. The minimum Gasteiger partial charge on any atom is -0.442 e. The number of halogens is 2. The molecule has 0 bridgehead atoms. The van der Waals surface area contributed by atoms with Gasteiger partial charge >= 0.3 is 6.09 Å². The van der Waals surface area contributed by atoms with Crippen LogP contribution in [-0.2, 0) is 17.9 Å². The molecule has 3 aromatic rings. The fourth-order valence-electron chi connectivity index (χ4n) is 2.95. The van der Waals surface area contributed by atoms with Gasteiger partial charge in [-0.3, -0.25) is 4.98 Å². The first-order valence-electron chi connectivity index (χ1n) is 9.30. The van der Waals surface area contributed by atoms with Gasteiger partial charge in [0.2, 0.25) is 0 Å². The maximum Gasteiger partial charge on any atom is 0.404 e. The Balaban J connectivity index is 2.11. The molecular formula is C21H22Cl2N4O2S. The van der Waals surface area contributed by atoms with Gasteiger partial charge in [0.15, 0.2) is 6.61 Å². The summed E-state index contributed by atoms with van der Waals surface area (Å²) in [6, 6.07) is 9.31. The Morgan fingerprint density at radius 2 is 1.97 bits per heavy atom. The molecule has 2 heterocycles. The van der Waals surface area contributed by atoms with Gasteiger partial charge in [0, 0.05) is 26.8 Å². The van der Waals surface area contributed by atoms with Crippen molar-refractivity contribution in [3.63, 3.8) is 0 Å². The van der Waals surface area contributed by atoms with E-state index in [2.05, 4.69) is 18.8 Å². The summed E-state index contributed by atoms with van der Waals surface area (Å²) < 4.78 is 7.09. The van der Waals surface area contributed by atoms with Crippen molar-refractivity contribution >= 4 is 41.1 Å². The van der Waals surface area contributed by atoms with E-state index < -0.39 is 6.09 Å². The summed E-state index contributed by atoms with van der Waals surface area (Å²) in [4.78, 5) is 21.2. The number of aromatic nitrogens is 3. The molecule has 30 heavy (non-hydrogen) atoms. The van der Waals surface area contributed by atoms with Crippen LogP contribution in [0.25, 0.3) is 0 Å². The molecule has 3 rings (SSSR count). The molecule has 158 valence electrons. The highest BCUT2D eigenvalue weighted by Crippen LogP contribution is 2.37. The average Bonchev–Trinajstić information content (AvgIpc) is 2.98. The van der Waals surface area contributed by atoms with E-state index in [9.17, 15) is 4.79 Å². The lowest BCUT2D eigenvalue weighted by Gasteiger charge is -2.15. The number of hydrogen-bond acceptors (Lipinski definition) is 5. The molecular weight excluding hydrogens is 443 g/mol. The highest BCUT2D eigenvalue weighted by Gasteiger charge is 2.22. The lowest BCUT2D eigenvalue weighted by molar-refractivity contribution is 0.145. The molecule has 0 aliphatic rings. The quantitative estimate of drug-likeness (QED) is 0.476. The van der Waals surface area contributed by atoms with E-state index in [0.29, 0.717) is 22.4 Å². The summed E-state index contributed by atoms with van der Waals surface area (Å²) >= 11 is 13.9. The Hall–Kier alpha value is -2.22. The van der Waals surface area contributed by atoms with Gasteiger partial charge in [-0.15, -0.1) is 0 Å². The standard InChI is InChI=1S/C21H22Cl2N4O2S/c1-12(2)19-20(30-17-8-15(22)7-16(23)9-17)27(18(26-19)11-29-21(24)28)10-14-5-4-6-25-13(14)3/h4-9,12H,10-11H2,1-3H3,(H2,24,28). The number of benzene rings is 1. The molecule has 0 saturated heterocycles. The molecule has 1 amide bonds. The first-order chi connectivity index (χ1) is 14.2. The van der Waals surface area contributed by atoms with Crippen LogP contribution >= 0.6 is 35.0 Å². The number of carbonyl (C=O) groups excluding carboxylic acids is 1. The molecule has 2 aromatic heterocycles. The van der Waals surface area contributed by atoms with Crippen LogP contribution < -0.4 is 5.73 Å². The number of aryl methyl sites for hydroxylation is 1. The van der Waals surface area contributed by atoms with E-state index in [4.69, 9.17) is 38.7 Å². The molecule has 0 unspecified atom stereocenters. The maximum atomic E-state index is 11.2. The summed E-state index contributed by atoms with van der Waals surface area (Å²) in [7, 11) is 0. The minimum atomic E-state index is -0.843. The lowest BCUT2D eigenvalue weighted by Crippen LogP contribution is -2.16. The van der Waals surface area contributed by atoms with Crippen LogP contribution in [-0.4, -0.2) is 20.6 Å². The van der Waals surface area contributed by atoms with E-state index in [1.54, 1.807) is 12.3 Å². The Morgan fingerprint density at radius 1 is 1.27 bits per heavy atom. The van der Waals surface area contributed by atoms with Crippen molar-refractivity contribution in [2.45, 2.75) is 49.8 Å². The molecule has 0 aliphatic heterocycles. The second-order valence-corrected chi connectivity index (χ2v) is 8.96. The molecule has 2 N–H and O–H groups in total. The number of imidazole rings is 1. The van der Waals surface area contributed by atoms with Crippen LogP contribution in [0.3, 0.4) is 0 Å². The number of hydrogen-bond donors (Lipinski definition) is 1. The van der Waals surface area contributed by atoms with Gasteiger partial charge in [-0.2, -0.15) is 0 Å². The van der Waals surface area contributed by atoms with Crippen molar-refractivity contribution in [2.75, 3.05) is 0 Å². The van der Waals surface area contributed by atoms with Crippen molar-refractivity contribution in [3.05, 3.63) is 69.3 Å². The lowest BCUT2D eigenvalue weighted by atomic mass is 10.1. The topological polar surface area (TPSA) is 83.0 Å². The Kier molecular flexibility index (Phi) is 7.28. The molecule has 0 radical (unpaired) electrons. The zero-order valence-corrected chi connectivity index (χ0v) is 19.2. The molecule has 6 nitrogen and oxygen atoms in total. The molecule has 0 aliphatic carbocycles. The number of ether oxygens (including phenoxy) is 1. The predicted octanol–water partition coefficient (Wildman–Crippen LogP) is 5.81. The number of carbonyl (C=O) groups is 1. The van der Waals surface area contributed by atoms with Crippen molar-refractivity contribution in [3.8, 4) is 0 Å². The molecule has 1 aromatic carbocycles. The Bertz CT molecular complexity index is 1050. The number of pyridine rings is 1. The SMILES string of the molecule is Cc1ncccc1Cn1c(COC(N)=O)nc(C(C)C)c1Sc1cc(Cl)cc(Cl)c1. The van der Waals surface area contributed by atoms with Crippen LogP contribution in [0.1, 0.15) is 42.5 Å². The Labute approximate surface area is 189 Å².